The third-order valence-electron chi connectivity index (χ3n) is 2.72. The van der Waals surface area contributed by atoms with Gasteiger partial charge in [0.25, 0.3) is 0 Å². The summed E-state index contributed by atoms with van der Waals surface area (Å²) in [5.74, 6) is 0.423. The van der Waals surface area contributed by atoms with Crippen LogP contribution in [0.4, 0.5) is 5.82 Å². The van der Waals surface area contributed by atoms with Gasteiger partial charge in [-0.05, 0) is 24.3 Å². The highest BCUT2D eigenvalue weighted by molar-refractivity contribution is 5.68. The molecule has 3 rings (SSSR count). The molecule has 3 aromatic rings. The average Bonchev–Trinajstić information content (AvgIpc) is 2.82. The summed E-state index contributed by atoms with van der Waals surface area (Å²) in [7, 11) is 0. The molecule has 0 aliphatic heterocycles. The van der Waals surface area contributed by atoms with Gasteiger partial charge in [0.15, 0.2) is 11.5 Å². The lowest BCUT2D eigenvalue weighted by molar-refractivity contribution is 0.470. The topological polar surface area (TPSA) is 89.9 Å². The minimum absolute atomic E-state index is 0.0895. The number of rotatable bonds is 2. The highest BCUT2D eigenvalue weighted by atomic mass is 16.3. The average molecular weight is 253 g/mol. The van der Waals surface area contributed by atoms with Gasteiger partial charge in [0.1, 0.15) is 11.4 Å². The number of hydrogen-bond donors (Lipinski definition) is 2. The number of hydrogen-bond acceptors (Lipinski definition) is 5. The van der Waals surface area contributed by atoms with Crippen molar-refractivity contribution >= 4 is 5.82 Å². The predicted molar refractivity (Wildman–Crippen MR) is 70.7 cm³/mol. The summed E-state index contributed by atoms with van der Waals surface area (Å²) in [5, 5.41) is 17.8. The monoisotopic (exact) mass is 253 g/mol. The molecule has 19 heavy (non-hydrogen) atoms. The molecule has 0 aliphatic carbocycles. The molecule has 0 bridgehead atoms. The van der Waals surface area contributed by atoms with Crippen LogP contribution >= 0.6 is 0 Å². The van der Waals surface area contributed by atoms with Crippen molar-refractivity contribution in [3.05, 3.63) is 48.7 Å². The number of nitrogens with two attached hydrogens (primary N) is 1. The van der Waals surface area contributed by atoms with Crippen molar-refractivity contribution in [3.8, 4) is 22.8 Å². The first-order valence-electron chi connectivity index (χ1n) is 5.68. The summed E-state index contributed by atoms with van der Waals surface area (Å²) in [6.45, 7) is 0. The van der Waals surface area contributed by atoms with Gasteiger partial charge in [-0.1, -0.05) is 23.4 Å². The number of para-hydroxylation sites is 2. The van der Waals surface area contributed by atoms with Gasteiger partial charge in [-0.15, -0.1) is 5.10 Å². The molecular weight excluding hydrogens is 242 g/mol. The van der Waals surface area contributed by atoms with Crippen molar-refractivity contribution in [3.63, 3.8) is 0 Å². The van der Waals surface area contributed by atoms with E-state index in [1.165, 1.54) is 4.68 Å². The first-order chi connectivity index (χ1) is 9.27. The van der Waals surface area contributed by atoms with Gasteiger partial charge in [-0.2, -0.15) is 4.68 Å². The van der Waals surface area contributed by atoms with Crippen LogP contribution in [0.5, 0.6) is 5.75 Å². The quantitative estimate of drug-likeness (QED) is 0.724. The van der Waals surface area contributed by atoms with Crippen LogP contribution < -0.4 is 5.73 Å². The Morgan fingerprint density at radius 1 is 1.05 bits per heavy atom. The van der Waals surface area contributed by atoms with Gasteiger partial charge in [0.05, 0.1) is 5.69 Å². The van der Waals surface area contributed by atoms with Crippen LogP contribution in [0.15, 0.2) is 48.7 Å². The summed E-state index contributed by atoms with van der Waals surface area (Å²) >= 11 is 0. The fourth-order valence-corrected chi connectivity index (χ4v) is 1.80. The van der Waals surface area contributed by atoms with Gasteiger partial charge >= 0.3 is 0 Å². The van der Waals surface area contributed by atoms with Gasteiger partial charge in [-0.25, -0.2) is 0 Å². The lowest BCUT2D eigenvalue weighted by Crippen LogP contribution is -2.02. The molecule has 0 atom stereocenters. The number of nitrogen functional groups attached to an aromatic ring is 1. The van der Waals surface area contributed by atoms with Gasteiger partial charge in [0, 0.05) is 6.20 Å². The zero-order chi connectivity index (χ0) is 13.2. The van der Waals surface area contributed by atoms with E-state index in [1.54, 1.807) is 36.5 Å². The van der Waals surface area contributed by atoms with Crippen LogP contribution in [-0.2, 0) is 0 Å². The second-order valence-corrected chi connectivity index (χ2v) is 3.94. The number of phenols is 1. The first kappa shape index (κ1) is 11.2. The Labute approximate surface area is 109 Å². The molecule has 0 radical (unpaired) electrons. The number of phenolic OH excluding ortho intramolecular Hbond substituents is 1. The van der Waals surface area contributed by atoms with E-state index in [4.69, 9.17) is 5.73 Å². The van der Waals surface area contributed by atoms with Crippen molar-refractivity contribution in [2.75, 3.05) is 5.73 Å². The Bertz CT molecular complexity index is 708. The molecule has 0 aliphatic rings. The molecule has 2 heterocycles. The summed E-state index contributed by atoms with van der Waals surface area (Å²) in [6.07, 6.45) is 1.66. The molecular formula is C13H11N5O. The smallest absolute Gasteiger partial charge is 0.157 e. The SMILES string of the molecule is Nc1c(-c2ccccn2)nnn1-c1ccccc1O. The standard InChI is InChI=1S/C13H11N5O/c14-13-12(9-5-3-4-8-15-9)16-17-18(13)10-6-1-2-7-11(10)19/h1-8,19H,14H2. The number of nitrogens with zero attached hydrogens (tertiary/aromatic N) is 4. The Morgan fingerprint density at radius 2 is 1.84 bits per heavy atom. The Morgan fingerprint density at radius 3 is 2.58 bits per heavy atom. The maximum absolute atomic E-state index is 9.81. The number of pyridine rings is 1. The lowest BCUT2D eigenvalue weighted by atomic mass is 10.2. The minimum atomic E-state index is 0.0895. The van der Waals surface area contributed by atoms with Crippen LogP contribution in [0, 0.1) is 0 Å². The van der Waals surface area contributed by atoms with E-state index in [2.05, 4.69) is 15.3 Å². The maximum atomic E-state index is 9.81. The second-order valence-electron chi connectivity index (χ2n) is 3.94. The first-order valence-corrected chi connectivity index (χ1v) is 5.68. The number of aromatic hydroxyl groups is 1. The molecule has 0 saturated heterocycles. The fraction of sp³-hybridized carbons (Fsp3) is 0. The molecule has 3 N–H and O–H groups in total. The summed E-state index contributed by atoms with van der Waals surface area (Å²) in [5.41, 5.74) is 7.63. The molecule has 94 valence electrons. The van der Waals surface area contributed by atoms with E-state index in [1.807, 2.05) is 12.1 Å². The molecule has 0 saturated carbocycles. The third-order valence-corrected chi connectivity index (χ3v) is 2.72. The summed E-state index contributed by atoms with van der Waals surface area (Å²) < 4.78 is 1.39. The normalized spacial score (nSPS) is 10.5. The van der Waals surface area contributed by atoms with Gasteiger partial charge in [0.2, 0.25) is 0 Å². The Kier molecular flexibility index (Phi) is 2.60. The maximum Gasteiger partial charge on any atom is 0.157 e. The van der Waals surface area contributed by atoms with Gasteiger partial charge < -0.3 is 10.8 Å². The van der Waals surface area contributed by atoms with E-state index >= 15 is 0 Å². The highest BCUT2D eigenvalue weighted by Gasteiger charge is 2.15. The highest BCUT2D eigenvalue weighted by Crippen LogP contribution is 2.27. The van der Waals surface area contributed by atoms with Crippen LogP contribution in [-0.4, -0.2) is 25.1 Å². The molecule has 6 heteroatoms. The third kappa shape index (κ3) is 1.89. The van der Waals surface area contributed by atoms with Crippen molar-refractivity contribution in [1.29, 1.82) is 0 Å². The fourth-order valence-electron chi connectivity index (χ4n) is 1.80. The molecule has 0 amide bonds. The molecule has 0 unspecified atom stereocenters. The molecule has 6 nitrogen and oxygen atoms in total. The Hall–Kier alpha value is -2.89. The zero-order valence-corrected chi connectivity index (χ0v) is 9.93. The van der Waals surface area contributed by atoms with Crippen molar-refractivity contribution in [2.24, 2.45) is 0 Å². The number of anilines is 1. The predicted octanol–water partition coefficient (Wildman–Crippen LogP) is 1.62. The van der Waals surface area contributed by atoms with E-state index in [-0.39, 0.29) is 5.75 Å². The molecule has 0 spiro atoms. The van der Waals surface area contributed by atoms with Crippen LogP contribution in [0.3, 0.4) is 0 Å². The second kappa shape index (κ2) is 4.41. The van der Waals surface area contributed by atoms with Crippen LogP contribution in [0.25, 0.3) is 17.1 Å². The minimum Gasteiger partial charge on any atom is -0.506 e. The lowest BCUT2D eigenvalue weighted by Gasteiger charge is -2.05. The van der Waals surface area contributed by atoms with E-state index in [0.717, 1.165) is 0 Å². The number of aromatic nitrogens is 4. The van der Waals surface area contributed by atoms with Crippen LogP contribution in [0.1, 0.15) is 0 Å². The van der Waals surface area contributed by atoms with Crippen molar-refractivity contribution < 1.29 is 5.11 Å². The molecule has 0 fully saturated rings. The largest absolute Gasteiger partial charge is 0.506 e. The van der Waals surface area contributed by atoms with Crippen molar-refractivity contribution in [1.82, 2.24) is 20.0 Å². The van der Waals surface area contributed by atoms with Gasteiger partial charge in [-0.3, -0.25) is 4.98 Å². The van der Waals surface area contributed by atoms with Crippen LogP contribution in [0.2, 0.25) is 0 Å². The van der Waals surface area contributed by atoms with E-state index in [0.29, 0.717) is 22.9 Å². The van der Waals surface area contributed by atoms with E-state index < -0.39 is 0 Å². The molecule has 2 aromatic heterocycles. The zero-order valence-electron chi connectivity index (χ0n) is 9.93. The Balaban J connectivity index is 2.12. The van der Waals surface area contributed by atoms with Crippen molar-refractivity contribution in [2.45, 2.75) is 0 Å². The number of benzene rings is 1. The summed E-state index contributed by atoms with van der Waals surface area (Å²) in [4.78, 5) is 4.18. The summed E-state index contributed by atoms with van der Waals surface area (Å²) in [6, 6.07) is 12.3. The van der Waals surface area contributed by atoms with E-state index in [9.17, 15) is 5.11 Å². The molecule has 1 aromatic carbocycles.